The van der Waals surface area contributed by atoms with E-state index in [0.29, 0.717) is 43.4 Å². The average molecular weight is 647 g/mol. The van der Waals surface area contributed by atoms with Gasteiger partial charge in [-0.05, 0) is 82.0 Å². The lowest BCUT2D eigenvalue weighted by molar-refractivity contribution is -0.139. The summed E-state index contributed by atoms with van der Waals surface area (Å²) in [5.41, 5.74) is 0. The molecule has 0 atom stereocenters. The number of aliphatic carboxylic acids is 4. The maximum Gasteiger partial charge on any atom is 0.303 e. The fraction of sp³-hybridized carbons (Fsp3) is 0.867. The molecule has 0 fully saturated rings. The van der Waals surface area contributed by atoms with Crippen LogP contribution in [0.3, 0.4) is 0 Å². The van der Waals surface area contributed by atoms with Gasteiger partial charge in [-0.15, -0.1) is 0 Å². The van der Waals surface area contributed by atoms with Crippen LogP contribution in [0, 0.1) is 17.8 Å². The van der Waals surface area contributed by atoms with E-state index in [1.54, 1.807) is 0 Å². The number of hydrogen-bond acceptors (Lipinski definition) is 10. The number of rotatable bonds is 22. The third-order valence-electron chi connectivity index (χ3n) is 5.79. The molecule has 0 saturated heterocycles. The lowest BCUT2D eigenvalue weighted by Gasteiger charge is -2.04. The molecule has 0 aromatic heterocycles. The molecule has 0 aliphatic carbocycles. The summed E-state index contributed by atoms with van der Waals surface area (Å²) in [4.78, 5) is 39.6. The van der Waals surface area contributed by atoms with Crippen LogP contribution in [-0.4, -0.2) is 115 Å². The highest BCUT2D eigenvalue weighted by Gasteiger charge is 2.01. The van der Waals surface area contributed by atoms with Crippen molar-refractivity contribution in [2.45, 2.75) is 111 Å². The van der Waals surface area contributed by atoms with Gasteiger partial charge < -0.3 is 51.1 Å². The normalized spacial score (nSPS) is 9.91. The Bertz CT molecular complexity index is 516. The van der Waals surface area contributed by atoms with E-state index in [-0.39, 0.29) is 65.3 Å². The van der Waals surface area contributed by atoms with Gasteiger partial charge in [-0.2, -0.15) is 0 Å². The quantitative estimate of drug-likeness (QED) is 0.0758. The molecule has 266 valence electrons. The summed E-state index contributed by atoms with van der Waals surface area (Å²) >= 11 is 0. The molecular formula is C30H62O14. The van der Waals surface area contributed by atoms with Gasteiger partial charge in [0.25, 0.3) is 0 Å². The molecule has 14 heteroatoms. The highest BCUT2D eigenvalue weighted by molar-refractivity contribution is 5.68. The smallest absolute Gasteiger partial charge is 0.303 e. The maximum absolute atomic E-state index is 9.90. The molecule has 0 heterocycles. The first-order valence-electron chi connectivity index (χ1n) is 15.2. The van der Waals surface area contributed by atoms with E-state index in [0.717, 1.165) is 38.5 Å². The third-order valence-corrected chi connectivity index (χ3v) is 5.79. The van der Waals surface area contributed by atoms with Crippen LogP contribution in [0.4, 0.5) is 0 Å². The summed E-state index contributed by atoms with van der Waals surface area (Å²) in [5, 5.41) is 82.8. The van der Waals surface area contributed by atoms with Crippen molar-refractivity contribution < 1.29 is 70.2 Å². The number of aliphatic hydroxyl groups excluding tert-OH is 6. The van der Waals surface area contributed by atoms with Crippen molar-refractivity contribution in [2.24, 2.45) is 17.8 Å². The van der Waals surface area contributed by atoms with Crippen LogP contribution >= 0.6 is 0 Å². The van der Waals surface area contributed by atoms with Crippen LogP contribution in [0.15, 0.2) is 0 Å². The average Bonchev–Trinajstić information content (AvgIpc) is 2.91. The Hall–Kier alpha value is -2.36. The number of carbonyl (C=O) groups is 4. The van der Waals surface area contributed by atoms with Gasteiger partial charge >= 0.3 is 23.9 Å². The summed E-state index contributed by atoms with van der Waals surface area (Å²) in [6.45, 7) is 7.48. The second kappa shape index (κ2) is 42.8. The van der Waals surface area contributed by atoms with Crippen LogP contribution in [-0.2, 0) is 19.2 Å². The van der Waals surface area contributed by atoms with Gasteiger partial charge in [0.2, 0.25) is 0 Å². The third kappa shape index (κ3) is 67.4. The number of carboxylic acid groups (broad SMARTS) is 4. The van der Waals surface area contributed by atoms with Gasteiger partial charge in [0.1, 0.15) is 0 Å². The summed E-state index contributed by atoms with van der Waals surface area (Å²) in [6, 6.07) is 0. The Morgan fingerprint density at radius 3 is 0.591 bits per heavy atom. The van der Waals surface area contributed by atoms with Crippen LogP contribution < -0.4 is 0 Å². The van der Waals surface area contributed by atoms with E-state index < -0.39 is 23.9 Å². The van der Waals surface area contributed by atoms with Crippen molar-refractivity contribution in [3.05, 3.63) is 0 Å². The molecular weight excluding hydrogens is 584 g/mol. The minimum atomic E-state index is -0.870. The molecule has 0 unspecified atom stereocenters. The first-order valence-corrected chi connectivity index (χ1v) is 15.2. The minimum Gasteiger partial charge on any atom is -0.481 e. The zero-order valence-electron chi connectivity index (χ0n) is 27.0. The number of aliphatic hydroxyl groups is 6. The summed E-state index contributed by atoms with van der Waals surface area (Å²) in [6.07, 6.45) is 6.87. The van der Waals surface area contributed by atoms with Crippen molar-refractivity contribution >= 4 is 23.9 Å². The zero-order valence-corrected chi connectivity index (χ0v) is 27.0. The molecule has 0 aliphatic rings. The number of carboxylic acids is 4. The van der Waals surface area contributed by atoms with E-state index in [9.17, 15) is 19.2 Å². The van der Waals surface area contributed by atoms with E-state index in [1.807, 2.05) is 20.8 Å². The maximum atomic E-state index is 9.90. The highest BCUT2D eigenvalue weighted by Crippen LogP contribution is 2.05. The van der Waals surface area contributed by atoms with Crippen molar-refractivity contribution in [1.82, 2.24) is 0 Å². The molecule has 0 bridgehead atoms. The molecule has 0 saturated carbocycles. The highest BCUT2D eigenvalue weighted by atomic mass is 16.4. The lowest BCUT2D eigenvalue weighted by Crippen LogP contribution is -1.99. The predicted molar refractivity (Wildman–Crippen MR) is 165 cm³/mol. The van der Waals surface area contributed by atoms with Gasteiger partial charge in [0.05, 0.1) is 0 Å². The Balaban J connectivity index is -0.000000145. The fourth-order valence-corrected chi connectivity index (χ4v) is 2.86. The van der Waals surface area contributed by atoms with Crippen molar-refractivity contribution in [3.8, 4) is 0 Å². The first-order chi connectivity index (χ1) is 20.7. The largest absolute Gasteiger partial charge is 0.481 e. The van der Waals surface area contributed by atoms with E-state index in [2.05, 4.69) is 0 Å². The summed E-state index contributed by atoms with van der Waals surface area (Å²) in [5.74, 6) is -2.09. The van der Waals surface area contributed by atoms with Gasteiger partial charge in [-0.3, -0.25) is 19.2 Å². The van der Waals surface area contributed by atoms with Crippen molar-refractivity contribution in [1.29, 1.82) is 0 Å². The summed E-state index contributed by atoms with van der Waals surface area (Å²) in [7, 11) is 0. The van der Waals surface area contributed by atoms with Gasteiger partial charge in [-0.1, -0.05) is 20.8 Å². The Morgan fingerprint density at radius 2 is 0.500 bits per heavy atom. The Kier molecular flexibility index (Phi) is 49.8. The summed E-state index contributed by atoms with van der Waals surface area (Å²) < 4.78 is 0. The number of unbranched alkanes of at least 4 members (excludes halogenated alkanes) is 2. The SMILES string of the molecule is CC(CCO)CCO.CC(CCO)CCO.CC(CCO)CCO.O=C(O)CCCCC(=O)O.O=C(O)CCCCC(=O)O. The van der Waals surface area contributed by atoms with Gasteiger partial charge in [0, 0.05) is 65.3 Å². The predicted octanol–water partition coefficient (Wildman–Crippen LogP) is 2.59. The van der Waals surface area contributed by atoms with Crippen molar-refractivity contribution in [2.75, 3.05) is 39.6 Å². The monoisotopic (exact) mass is 646 g/mol. The Labute approximate surface area is 262 Å². The van der Waals surface area contributed by atoms with Crippen molar-refractivity contribution in [3.63, 3.8) is 0 Å². The van der Waals surface area contributed by atoms with Crippen LogP contribution in [0.5, 0.6) is 0 Å². The van der Waals surface area contributed by atoms with E-state index in [1.165, 1.54) is 0 Å². The molecule has 0 amide bonds. The second-order valence-corrected chi connectivity index (χ2v) is 10.4. The van der Waals surface area contributed by atoms with E-state index >= 15 is 0 Å². The molecule has 0 aromatic carbocycles. The van der Waals surface area contributed by atoms with Gasteiger partial charge in [-0.25, -0.2) is 0 Å². The molecule has 0 rings (SSSR count). The molecule has 0 aliphatic heterocycles. The topological polar surface area (TPSA) is 271 Å². The lowest BCUT2D eigenvalue weighted by atomic mass is 10.1. The standard InChI is InChI=1S/2C6H10O4.3C6H14O2/c2*7-5(8)3-1-2-4-6(9)10;3*1-6(2-4-7)3-5-8/h2*1-4H2,(H,7,8)(H,9,10);3*6-8H,2-5H2,1H3. The Morgan fingerprint density at radius 1 is 0.364 bits per heavy atom. The number of hydrogen-bond donors (Lipinski definition) is 10. The fourth-order valence-electron chi connectivity index (χ4n) is 2.86. The molecule has 44 heavy (non-hydrogen) atoms. The molecule has 14 nitrogen and oxygen atoms in total. The first kappa shape index (κ1) is 51.2. The molecule has 0 aromatic rings. The molecule has 0 spiro atoms. The van der Waals surface area contributed by atoms with E-state index in [4.69, 9.17) is 51.1 Å². The van der Waals surface area contributed by atoms with Crippen LogP contribution in [0.25, 0.3) is 0 Å². The van der Waals surface area contributed by atoms with Gasteiger partial charge in [0.15, 0.2) is 0 Å². The zero-order chi connectivity index (χ0) is 35.2. The minimum absolute atomic E-state index is 0.0628. The second-order valence-electron chi connectivity index (χ2n) is 10.4. The molecule has 10 N–H and O–H groups in total. The van der Waals surface area contributed by atoms with Crippen LogP contribution in [0.1, 0.15) is 111 Å². The van der Waals surface area contributed by atoms with Crippen LogP contribution in [0.2, 0.25) is 0 Å². The molecule has 0 radical (unpaired) electrons.